The number of nitrogens with zero attached hydrogens (tertiary/aromatic N) is 4. The highest BCUT2D eigenvalue weighted by Gasteiger charge is 2.19. The van der Waals surface area contributed by atoms with Gasteiger partial charge in [-0.15, -0.1) is 0 Å². The molecule has 0 radical (unpaired) electrons. The molecule has 1 aliphatic rings. The zero-order chi connectivity index (χ0) is 24.0. The maximum absolute atomic E-state index is 13.0. The molecule has 0 N–H and O–H groups in total. The number of benzene rings is 1. The minimum atomic E-state index is -0.288. The molecule has 0 spiro atoms. The van der Waals surface area contributed by atoms with E-state index < -0.39 is 0 Å². The van der Waals surface area contributed by atoms with Gasteiger partial charge < -0.3 is 23.8 Å². The van der Waals surface area contributed by atoms with Gasteiger partial charge in [0.25, 0.3) is 5.91 Å². The van der Waals surface area contributed by atoms with Crippen LogP contribution < -0.4 is 4.90 Å². The minimum Gasteiger partial charge on any atom is -0.383 e. The summed E-state index contributed by atoms with van der Waals surface area (Å²) in [4.78, 5) is 16.9. The molecule has 1 aromatic carbocycles. The van der Waals surface area contributed by atoms with E-state index in [-0.39, 0.29) is 17.5 Å². The van der Waals surface area contributed by atoms with Crippen LogP contribution >= 0.6 is 0 Å². The highest BCUT2D eigenvalue weighted by Crippen LogP contribution is 2.23. The number of aryl methyl sites for hydroxylation is 1. The number of aromatic nitrogens is 1. The van der Waals surface area contributed by atoms with Crippen molar-refractivity contribution in [1.82, 2.24) is 9.47 Å². The highest BCUT2D eigenvalue weighted by atomic mass is 16.5. The van der Waals surface area contributed by atoms with E-state index in [2.05, 4.69) is 34.6 Å². The maximum Gasteiger partial charge on any atom is 0.264 e. The lowest BCUT2D eigenvalue weighted by Gasteiger charge is -2.29. The summed E-state index contributed by atoms with van der Waals surface area (Å²) >= 11 is 0. The standard InChI is InChI=1S/C26H34N4O3/c1-19-14-23(21(3)30(19)20(2)18-32-5)15-24(16-27)26(31)28(4)17-22-6-8-25(9-7-22)29-10-12-33-13-11-29/h6-9,14-15,20H,10-13,17-18H2,1-5H3/b24-15+. The summed E-state index contributed by atoms with van der Waals surface area (Å²) in [7, 11) is 3.41. The molecule has 0 bridgehead atoms. The number of anilines is 1. The van der Waals surface area contributed by atoms with Gasteiger partial charge in [-0.2, -0.15) is 5.26 Å². The Kier molecular flexibility index (Phi) is 8.32. The molecule has 0 saturated carbocycles. The van der Waals surface area contributed by atoms with E-state index in [1.165, 1.54) is 0 Å². The van der Waals surface area contributed by atoms with E-state index >= 15 is 0 Å². The fourth-order valence-corrected chi connectivity index (χ4v) is 4.43. The number of carbonyl (C=O) groups excluding carboxylic acids is 1. The lowest BCUT2D eigenvalue weighted by molar-refractivity contribution is -0.125. The first-order valence-electron chi connectivity index (χ1n) is 11.3. The Hall–Kier alpha value is -3.08. The van der Waals surface area contributed by atoms with E-state index in [0.29, 0.717) is 13.2 Å². The lowest BCUT2D eigenvalue weighted by Crippen LogP contribution is -2.36. The number of amides is 1. The van der Waals surface area contributed by atoms with Crippen molar-refractivity contribution in [2.45, 2.75) is 33.4 Å². The van der Waals surface area contributed by atoms with Crippen molar-refractivity contribution in [2.24, 2.45) is 0 Å². The Bertz CT molecular complexity index is 1030. The second-order valence-corrected chi connectivity index (χ2v) is 8.60. The first-order chi connectivity index (χ1) is 15.8. The molecule has 1 aromatic heterocycles. The van der Waals surface area contributed by atoms with Crippen LogP contribution in [0.25, 0.3) is 6.08 Å². The molecule has 1 atom stereocenters. The Morgan fingerprint density at radius 1 is 1.27 bits per heavy atom. The van der Waals surface area contributed by atoms with Gasteiger partial charge in [0.05, 0.1) is 25.9 Å². The van der Waals surface area contributed by atoms with Gasteiger partial charge in [0.15, 0.2) is 0 Å². The summed E-state index contributed by atoms with van der Waals surface area (Å²) in [6.07, 6.45) is 1.69. The second kappa shape index (κ2) is 11.2. The molecule has 7 nitrogen and oxygen atoms in total. The van der Waals surface area contributed by atoms with E-state index in [0.717, 1.165) is 54.5 Å². The number of carbonyl (C=O) groups is 1. The lowest BCUT2D eigenvalue weighted by atomic mass is 10.1. The van der Waals surface area contributed by atoms with Gasteiger partial charge in [-0.05, 0) is 56.2 Å². The molecule has 1 aliphatic heterocycles. The summed E-state index contributed by atoms with van der Waals surface area (Å²) in [5.41, 5.74) is 5.27. The van der Waals surface area contributed by atoms with Crippen molar-refractivity contribution >= 4 is 17.7 Å². The largest absolute Gasteiger partial charge is 0.383 e. The molecular weight excluding hydrogens is 416 g/mol. The molecule has 2 aromatic rings. The van der Waals surface area contributed by atoms with Crippen molar-refractivity contribution in [2.75, 3.05) is 52.0 Å². The summed E-state index contributed by atoms with van der Waals surface area (Å²) < 4.78 is 12.9. The summed E-state index contributed by atoms with van der Waals surface area (Å²) in [6, 6.07) is 12.5. The number of methoxy groups -OCH3 is 1. The fraction of sp³-hybridized carbons (Fsp3) is 0.462. The molecule has 2 heterocycles. The van der Waals surface area contributed by atoms with Crippen LogP contribution in [-0.4, -0.2) is 62.4 Å². The van der Waals surface area contributed by atoms with E-state index in [1.807, 2.05) is 32.0 Å². The number of rotatable bonds is 8. The smallest absolute Gasteiger partial charge is 0.264 e. The van der Waals surface area contributed by atoms with E-state index in [9.17, 15) is 10.1 Å². The number of ether oxygens (including phenoxy) is 2. The Balaban J connectivity index is 1.72. The van der Waals surface area contributed by atoms with Crippen LogP contribution in [0.4, 0.5) is 5.69 Å². The third-order valence-corrected chi connectivity index (χ3v) is 6.10. The zero-order valence-corrected chi connectivity index (χ0v) is 20.3. The van der Waals surface area contributed by atoms with Crippen LogP contribution in [0, 0.1) is 25.2 Å². The second-order valence-electron chi connectivity index (χ2n) is 8.60. The van der Waals surface area contributed by atoms with Gasteiger partial charge in [0.1, 0.15) is 11.6 Å². The van der Waals surface area contributed by atoms with Crippen molar-refractivity contribution in [3.05, 3.63) is 58.4 Å². The molecule has 7 heteroatoms. The van der Waals surface area contributed by atoms with Gasteiger partial charge in [-0.1, -0.05) is 12.1 Å². The minimum absolute atomic E-state index is 0.127. The van der Waals surface area contributed by atoms with Crippen LogP contribution in [0.1, 0.15) is 35.5 Å². The van der Waals surface area contributed by atoms with E-state index in [4.69, 9.17) is 9.47 Å². The van der Waals surface area contributed by atoms with E-state index in [1.54, 1.807) is 25.1 Å². The number of hydrogen-bond donors (Lipinski definition) is 0. The Morgan fingerprint density at radius 2 is 1.94 bits per heavy atom. The quantitative estimate of drug-likeness (QED) is 0.453. The van der Waals surface area contributed by atoms with Crippen molar-refractivity contribution in [3.63, 3.8) is 0 Å². The van der Waals surface area contributed by atoms with Gasteiger partial charge in [-0.3, -0.25) is 4.79 Å². The predicted molar refractivity (Wildman–Crippen MR) is 130 cm³/mol. The van der Waals surface area contributed by atoms with Crippen molar-refractivity contribution in [1.29, 1.82) is 5.26 Å². The van der Waals surface area contributed by atoms with Gasteiger partial charge in [-0.25, -0.2) is 0 Å². The van der Waals surface area contributed by atoms with Crippen LogP contribution in [0.3, 0.4) is 0 Å². The summed E-state index contributed by atoms with van der Waals surface area (Å²) in [6.45, 7) is 10.4. The zero-order valence-electron chi connectivity index (χ0n) is 20.3. The topological polar surface area (TPSA) is 70.7 Å². The number of hydrogen-bond acceptors (Lipinski definition) is 5. The molecule has 1 unspecified atom stereocenters. The average Bonchev–Trinajstić information content (AvgIpc) is 3.10. The third kappa shape index (κ3) is 5.84. The van der Waals surface area contributed by atoms with Crippen LogP contribution in [0.5, 0.6) is 0 Å². The fourth-order valence-electron chi connectivity index (χ4n) is 4.43. The molecule has 1 amide bonds. The normalized spacial score (nSPS) is 15.3. The first-order valence-corrected chi connectivity index (χ1v) is 11.3. The monoisotopic (exact) mass is 450 g/mol. The molecule has 3 rings (SSSR count). The molecule has 0 aliphatic carbocycles. The SMILES string of the molecule is COCC(C)n1c(C)cc(/C=C(\C#N)C(=O)N(C)Cc2ccc(N3CCOCC3)cc2)c1C. The Labute approximate surface area is 196 Å². The van der Waals surface area contributed by atoms with Crippen LogP contribution in [-0.2, 0) is 20.8 Å². The molecular formula is C26H34N4O3. The number of morpholine rings is 1. The maximum atomic E-state index is 13.0. The molecule has 1 fully saturated rings. The Morgan fingerprint density at radius 3 is 2.55 bits per heavy atom. The number of nitriles is 1. The molecule has 33 heavy (non-hydrogen) atoms. The third-order valence-electron chi connectivity index (χ3n) is 6.10. The first kappa shape index (κ1) is 24.6. The average molecular weight is 451 g/mol. The number of likely N-dealkylation sites (N-methyl/N-ethyl adjacent to an activating group) is 1. The van der Waals surface area contributed by atoms with Crippen molar-refractivity contribution < 1.29 is 14.3 Å². The van der Waals surface area contributed by atoms with Gasteiger partial charge in [0, 0.05) is 50.9 Å². The van der Waals surface area contributed by atoms with Crippen LogP contribution in [0.15, 0.2) is 35.9 Å². The van der Waals surface area contributed by atoms with Crippen molar-refractivity contribution in [3.8, 4) is 6.07 Å². The van der Waals surface area contributed by atoms with Gasteiger partial charge >= 0.3 is 0 Å². The van der Waals surface area contributed by atoms with Crippen LogP contribution in [0.2, 0.25) is 0 Å². The molecule has 176 valence electrons. The van der Waals surface area contributed by atoms with Gasteiger partial charge in [0.2, 0.25) is 0 Å². The predicted octanol–water partition coefficient (Wildman–Crippen LogP) is 3.71. The molecule has 1 saturated heterocycles. The highest BCUT2D eigenvalue weighted by molar-refractivity contribution is 6.01. The summed E-state index contributed by atoms with van der Waals surface area (Å²) in [5, 5.41) is 9.71. The summed E-state index contributed by atoms with van der Waals surface area (Å²) in [5.74, 6) is -0.288.